The van der Waals surface area contributed by atoms with Crippen LogP contribution in [0.1, 0.15) is 47.2 Å². The number of carbonyl (C=O) groups excluding carboxylic acids is 2. The van der Waals surface area contributed by atoms with Crippen molar-refractivity contribution in [1.82, 2.24) is 4.98 Å². The number of hydrogen-bond donors (Lipinski definition) is 0. The summed E-state index contributed by atoms with van der Waals surface area (Å²) < 4.78 is 11.4. The first-order valence-electron chi connectivity index (χ1n) is 7.19. The molecule has 0 radical (unpaired) electrons. The van der Waals surface area contributed by atoms with Gasteiger partial charge in [-0.3, -0.25) is 0 Å². The van der Waals surface area contributed by atoms with Crippen molar-refractivity contribution >= 4 is 33.9 Å². The van der Waals surface area contributed by atoms with E-state index in [0.29, 0.717) is 5.69 Å². The van der Waals surface area contributed by atoms with Crippen molar-refractivity contribution in [2.24, 2.45) is 0 Å². The Kier molecular flexibility index (Phi) is 5.79. The minimum Gasteiger partial charge on any atom is -0.443 e. The van der Waals surface area contributed by atoms with Crippen LogP contribution in [0.5, 0.6) is 0 Å². The highest BCUT2D eigenvalue weighted by Crippen LogP contribution is 2.23. The van der Waals surface area contributed by atoms with Crippen molar-refractivity contribution in [2.45, 2.75) is 59.7 Å². The third-order valence-corrected chi connectivity index (χ3v) is 3.23. The number of ether oxygens (including phenoxy) is 2. The molecule has 0 aliphatic rings. The molecule has 0 saturated heterocycles. The predicted molar refractivity (Wildman–Crippen MR) is 91.6 cm³/mol. The van der Waals surface area contributed by atoms with Gasteiger partial charge in [0.05, 0.1) is 5.69 Å². The molecular weight excluding hydrogens is 364 g/mol. The smallest absolute Gasteiger partial charge is 0.425 e. The Morgan fingerprint density at radius 1 is 1.00 bits per heavy atom. The Morgan fingerprint density at radius 2 is 1.43 bits per heavy atom. The number of imide groups is 1. The minimum atomic E-state index is -0.832. The maximum atomic E-state index is 12.4. The van der Waals surface area contributed by atoms with Crippen LogP contribution < -0.4 is 4.90 Å². The molecule has 1 heterocycles. The second-order valence-electron chi connectivity index (χ2n) is 7.03. The van der Waals surface area contributed by atoms with Crippen molar-refractivity contribution in [1.29, 1.82) is 0 Å². The van der Waals surface area contributed by atoms with E-state index in [1.54, 1.807) is 60.6 Å². The van der Waals surface area contributed by atoms with Gasteiger partial charge in [0, 0.05) is 4.47 Å². The van der Waals surface area contributed by atoms with Crippen molar-refractivity contribution in [3.63, 3.8) is 0 Å². The lowest BCUT2D eigenvalue weighted by atomic mass is 10.2. The van der Waals surface area contributed by atoms with Gasteiger partial charge in [0.25, 0.3) is 0 Å². The molecular formula is C16H23BrN2O4. The number of halogens is 1. The maximum absolute atomic E-state index is 12.4. The van der Waals surface area contributed by atoms with Crippen molar-refractivity contribution in [3.05, 3.63) is 22.3 Å². The molecule has 2 amide bonds. The molecule has 0 fully saturated rings. The second kappa shape index (κ2) is 6.86. The molecule has 1 aromatic heterocycles. The number of amides is 2. The third kappa shape index (κ3) is 6.17. The van der Waals surface area contributed by atoms with Crippen LogP contribution in [0.3, 0.4) is 0 Å². The summed E-state index contributed by atoms with van der Waals surface area (Å²) in [5.74, 6) is 0.147. The number of aryl methyl sites for hydroxylation is 1. The normalized spacial score (nSPS) is 11.8. The highest BCUT2D eigenvalue weighted by Gasteiger charge is 2.33. The number of carbonyl (C=O) groups is 2. The summed E-state index contributed by atoms with van der Waals surface area (Å²) >= 11 is 3.34. The van der Waals surface area contributed by atoms with Crippen LogP contribution in [0.4, 0.5) is 15.4 Å². The van der Waals surface area contributed by atoms with Crippen LogP contribution >= 0.6 is 15.9 Å². The molecule has 0 bridgehead atoms. The zero-order valence-corrected chi connectivity index (χ0v) is 16.1. The van der Waals surface area contributed by atoms with Gasteiger partial charge in [0.2, 0.25) is 0 Å². The fourth-order valence-corrected chi connectivity index (χ4v) is 1.75. The standard InChI is InChI=1S/C16H23BrN2O4/c1-10-11(17)8-9-12(18-10)19(13(20)22-15(2,3)4)14(21)23-16(5,6)7/h8-9H,1-7H3. The molecule has 1 rings (SSSR count). The summed E-state index contributed by atoms with van der Waals surface area (Å²) in [5, 5.41) is 0. The summed E-state index contributed by atoms with van der Waals surface area (Å²) in [7, 11) is 0. The number of pyridine rings is 1. The van der Waals surface area contributed by atoms with Crippen molar-refractivity contribution < 1.29 is 19.1 Å². The molecule has 0 N–H and O–H groups in total. The first kappa shape index (κ1) is 19.4. The predicted octanol–water partition coefficient (Wildman–Crippen LogP) is 4.83. The summed E-state index contributed by atoms with van der Waals surface area (Å²) in [6.45, 7) is 12.1. The molecule has 0 unspecified atom stereocenters. The first-order valence-corrected chi connectivity index (χ1v) is 7.99. The van der Waals surface area contributed by atoms with Crippen LogP contribution in [-0.2, 0) is 9.47 Å². The maximum Gasteiger partial charge on any atom is 0.425 e. The van der Waals surface area contributed by atoms with E-state index in [1.807, 2.05) is 0 Å². The summed E-state index contributed by atoms with van der Waals surface area (Å²) in [6, 6.07) is 3.25. The Hall–Kier alpha value is -1.63. The molecule has 128 valence electrons. The number of hydrogen-bond acceptors (Lipinski definition) is 5. The lowest BCUT2D eigenvalue weighted by molar-refractivity contribution is 0.0429. The van der Waals surface area contributed by atoms with Crippen LogP contribution in [0, 0.1) is 6.92 Å². The molecule has 23 heavy (non-hydrogen) atoms. The fourth-order valence-electron chi connectivity index (χ4n) is 1.53. The van der Waals surface area contributed by atoms with Gasteiger partial charge >= 0.3 is 12.2 Å². The SMILES string of the molecule is Cc1nc(N(C(=O)OC(C)(C)C)C(=O)OC(C)(C)C)ccc1Br. The lowest BCUT2D eigenvalue weighted by Crippen LogP contribution is -2.44. The van der Waals surface area contributed by atoms with E-state index in [0.717, 1.165) is 9.37 Å². The number of anilines is 1. The minimum absolute atomic E-state index is 0.147. The summed E-state index contributed by atoms with van der Waals surface area (Å²) in [6.07, 6.45) is -1.66. The number of aromatic nitrogens is 1. The van der Waals surface area contributed by atoms with Crippen molar-refractivity contribution in [2.75, 3.05) is 4.90 Å². The Balaban J connectivity index is 3.22. The van der Waals surface area contributed by atoms with Crippen LogP contribution in [0.15, 0.2) is 16.6 Å². The molecule has 6 nitrogen and oxygen atoms in total. The molecule has 1 aromatic rings. The van der Waals surface area contributed by atoms with E-state index in [2.05, 4.69) is 20.9 Å². The average Bonchev–Trinajstić information content (AvgIpc) is 2.29. The zero-order valence-electron chi connectivity index (χ0n) is 14.6. The van der Waals surface area contributed by atoms with Gasteiger partial charge in [-0.05, 0) is 76.5 Å². The van der Waals surface area contributed by atoms with E-state index in [9.17, 15) is 9.59 Å². The molecule has 0 aliphatic carbocycles. The van der Waals surface area contributed by atoms with Crippen LogP contribution in [0.25, 0.3) is 0 Å². The summed E-state index contributed by atoms with van der Waals surface area (Å²) in [4.78, 5) is 29.9. The van der Waals surface area contributed by atoms with E-state index in [1.165, 1.54) is 0 Å². The number of nitrogens with zero attached hydrogens (tertiary/aromatic N) is 2. The molecule has 0 saturated carbocycles. The highest BCUT2D eigenvalue weighted by atomic mass is 79.9. The quantitative estimate of drug-likeness (QED) is 0.691. The Labute approximate surface area is 145 Å². The average molecular weight is 387 g/mol. The van der Waals surface area contributed by atoms with Gasteiger partial charge < -0.3 is 9.47 Å². The van der Waals surface area contributed by atoms with Gasteiger partial charge in [0.1, 0.15) is 17.0 Å². The largest absolute Gasteiger partial charge is 0.443 e. The topological polar surface area (TPSA) is 68.7 Å². The molecule has 0 aliphatic heterocycles. The highest BCUT2D eigenvalue weighted by molar-refractivity contribution is 9.10. The van der Waals surface area contributed by atoms with Gasteiger partial charge in [-0.1, -0.05) is 0 Å². The molecule has 7 heteroatoms. The monoisotopic (exact) mass is 386 g/mol. The van der Waals surface area contributed by atoms with E-state index in [-0.39, 0.29) is 5.82 Å². The third-order valence-electron chi connectivity index (χ3n) is 2.39. The zero-order chi connectivity index (χ0) is 18.0. The van der Waals surface area contributed by atoms with Crippen molar-refractivity contribution in [3.8, 4) is 0 Å². The Morgan fingerprint density at radius 3 is 1.78 bits per heavy atom. The molecule has 0 spiro atoms. The summed E-state index contributed by atoms with van der Waals surface area (Å²) in [5.41, 5.74) is -0.858. The molecule has 0 aromatic carbocycles. The number of rotatable bonds is 1. The van der Waals surface area contributed by atoms with Gasteiger partial charge in [0.15, 0.2) is 0 Å². The molecule has 0 atom stereocenters. The second-order valence-corrected chi connectivity index (χ2v) is 7.89. The van der Waals surface area contributed by atoms with Crippen LogP contribution in [0.2, 0.25) is 0 Å². The van der Waals surface area contributed by atoms with E-state index in [4.69, 9.17) is 9.47 Å². The lowest BCUT2D eigenvalue weighted by Gasteiger charge is -2.28. The van der Waals surface area contributed by atoms with Crippen LogP contribution in [-0.4, -0.2) is 28.4 Å². The first-order chi connectivity index (χ1) is 10.3. The van der Waals surface area contributed by atoms with Gasteiger partial charge in [-0.25, -0.2) is 14.6 Å². The van der Waals surface area contributed by atoms with E-state index >= 15 is 0 Å². The van der Waals surface area contributed by atoms with Gasteiger partial charge in [-0.2, -0.15) is 4.90 Å². The fraction of sp³-hybridized carbons (Fsp3) is 0.562. The van der Waals surface area contributed by atoms with E-state index < -0.39 is 23.4 Å². The Bertz CT molecular complexity index is 575. The van der Waals surface area contributed by atoms with Gasteiger partial charge in [-0.15, -0.1) is 0 Å².